The van der Waals surface area contributed by atoms with E-state index in [0.29, 0.717) is 18.3 Å². The van der Waals surface area contributed by atoms with Crippen LogP contribution in [0.5, 0.6) is 5.75 Å². The van der Waals surface area contributed by atoms with E-state index in [2.05, 4.69) is 29.4 Å². The molecule has 1 aliphatic heterocycles. The number of nitrogens with one attached hydrogen (secondary N) is 2. The second-order valence-corrected chi connectivity index (χ2v) is 9.04. The molecule has 2 aromatic rings. The van der Waals surface area contributed by atoms with Gasteiger partial charge < -0.3 is 20.3 Å². The van der Waals surface area contributed by atoms with Crippen LogP contribution in [-0.2, 0) is 11.0 Å². The Labute approximate surface area is 203 Å². The highest BCUT2D eigenvalue weighted by atomic mass is 19.4. The van der Waals surface area contributed by atoms with Gasteiger partial charge in [-0.2, -0.15) is 13.2 Å². The molecule has 1 unspecified atom stereocenters. The van der Waals surface area contributed by atoms with Gasteiger partial charge in [-0.3, -0.25) is 9.59 Å². The van der Waals surface area contributed by atoms with E-state index in [4.69, 9.17) is 4.74 Å². The van der Waals surface area contributed by atoms with Gasteiger partial charge in [-0.15, -0.1) is 0 Å². The smallest absolute Gasteiger partial charge is 0.416 e. The van der Waals surface area contributed by atoms with Crippen molar-refractivity contribution >= 4 is 11.8 Å². The number of hydrogen-bond donors (Lipinski definition) is 2. The normalized spacial score (nSPS) is 16.1. The fraction of sp³-hybridized carbons (Fsp3) is 0.462. The first-order chi connectivity index (χ1) is 16.6. The van der Waals surface area contributed by atoms with Gasteiger partial charge in [0.05, 0.1) is 12.7 Å². The quantitative estimate of drug-likeness (QED) is 0.574. The highest BCUT2D eigenvalue weighted by Gasteiger charge is 2.37. The summed E-state index contributed by atoms with van der Waals surface area (Å²) in [4.78, 5) is 28.4. The van der Waals surface area contributed by atoms with Crippen molar-refractivity contribution in [3.63, 3.8) is 0 Å². The van der Waals surface area contributed by atoms with Gasteiger partial charge >= 0.3 is 6.18 Å². The fourth-order valence-corrected chi connectivity index (χ4v) is 4.27. The van der Waals surface area contributed by atoms with Crippen LogP contribution in [0.4, 0.5) is 13.2 Å². The Morgan fingerprint density at radius 2 is 1.69 bits per heavy atom. The maximum atomic E-state index is 13.7. The Balaban J connectivity index is 1.79. The Morgan fingerprint density at radius 1 is 1.06 bits per heavy atom. The molecular formula is C26H32F3N3O3. The summed E-state index contributed by atoms with van der Waals surface area (Å²) in [5.41, 5.74) is -1.05. The van der Waals surface area contributed by atoms with Crippen LogP contribution in [0.3, 0.4) is 0 Å². The number of halogens is 3. The van der Waals surface area contributed by atoms with Gasteiger partial charge in [0.1, 0.15) is 11.8 Å². The standard InChI is InChI=1S/C26H32F3N3O3/c1-17(2)32-14-12-18(13-15-32)16-30-25(34)23(21-6-4-5-7-22(21)26(27,28)29)31-24(33)19-8-10-20(35-3)11-9-19/h4-11,17-18,23H,12-16H2,1-3H3,(H,30,34)(H,31,33). The van der Waals surface area contributed by atoms with Crippen molar-refractivity contribution in [2.24, 2.45) is 5.92 Å². The van der Waals surface area contributed by atoms with Crippen molar-refractivity contribution < 1.29 is 27.5 Å². The predicted molar refractivity (Wildman–Crippen MR) is 127 cm³/mol. The molecular weight excluding hydrogens is 459 g/mol. The molecule has 190 valence electrons. The second-order valence-electron chi connectivity index (χ2n) is 9.04. The molecule has 3 rings (SSSR count). The van der Waals surface area contributed by atoms with E-state index in [1.165, 1.54) is 37.4 Å². The first kappa shape index (κ1) is 26.5. The zero-order valence-corrected chi connectivity index (χ0v) is 20.2. The predicted octanol–water partition coefficient (Wildman–Crippen LogP) is 4.42. The summed E-state index contributed by atoms with van der Waals surface area (Å²) in [5, 5.41) is 5.30. The van der Waals surface area contributed by atoms with Crippen LogP contribution in [0.2, 0.25) is 0 Å². The molecule has 2 amide bonds. The molecule has 35 heavy (non-hydrogen) atoms. The van der Waals surface area contributed by atoms with Crippen molar-refractivity contribution in [2.75, 3.05) is 26.7 Å². The molecule has 6 nitrogen and oxygen atoms in total. The summed E-state index contributed by atoms with van der Waals surface area (Å²) >= 11 is 0. The zero-order chi connectivity index (χ0) is 25.6. The molecule has 2 aromatic carbocycles. The van der Waals surface area contributed by atoms with Gasteiger partial charge in [-0.25, -0.2) is 0 Å². The van der Waals surface area contributed by atoms with Crippen LogP contribution in [0.25, 0.3) is 0 Å². The van der Waals surface area contributed by atoms with Crippen molar-refractivity contribution in [3.05, 3.63) is 65.2 Å². The average Bonchev–Trinajstić information content (AvgIpc) is 2.85. The monoisotopic (exact) mass is 491 g/mol. The van der Waals surface area contributed by atoms with Crippen molar-refractivity contribution in [2.45, 2.75) is 44.9 Å². The van der Waals surface area contributed by atoms with Crippen LogP contribution in [0, 0.1) is 5.92 Å². The summed E-state index contributed by atoms with van der Waals surface area (Å²) in [6.45, 7) is 6.43. The molecule has 1 fully saturated rings. The number of piperidine rings is 1. The van der Waals surface area contributed by atoms with Crippen molar-refractivity contribution in [1.82, 2.24) is 15.5 Å². The summed E-state index contributed by atoms with van der Waals surface area (Å²) in [7, 11) is 1.48. The average molecular weight is 492 g/mol. The Kier molecular flexibility index (Phi) is 8.77. The van der Waals surface area contributed by atoms with Gasteiger partial charge in [0.25, 0.3) is 5.91 Å². The molecule has 9 heteroatoms. The van der Waals surface area contributed by atoms with Crippen LogP contribution in [0.15, 0.2) is 48.5 Å². The number of hydrogen-bond acceptors (Lipinski definition) is 4. The largest absolute Gasteiger partial charge is 0.497 e. The number of rotatable bonds is 8. The number of nitrogens with zero attached hydrogens (tertiary/aromatic N) is 1. The molecule has 1 saturated heterocycles. The SMILES string of the molecule is COc1ccc(C(=O)NC(C(=O)NCC2CCN(C(C)C)CC2)c2ccccc2C(F)(F)F)cc1. The minimum absolute atomic E-state index is 0.203. The van der Waals surface area contributed by atoms with Crippen molar-refractivity contribution in [1.29, 1.82) is 0 Å². The number of likely N-dealkylation sites (tertiary alicyclic amines) is 1. The molecule has 0 radical (unpaired) electrons. The van der Waals surface area contributed by atoms with Gasteiger partial charge in [-0.1, -0.05) is 18.2 Å². The summed E-state index contributed by atoms with van der Waals surface area (Å²) < 4.78 is 46.3. The topological polar surface area (TPSA) is 70.7 Å². The third-order valence-corrected chi connectivity index (χ3v) is 6.41. The lowest BCUT2D eigenvalue weighted by atomic mass is 9.95. The summed E-state index contributed by atoms with van der Waals surface area (Å²) in [5.74, 6) is -0.573. The van der Waals surface area contributed by atoms with Crippen molar-refractivity contribution in [3.8, 4) is 5.75 Å². The molecule has 1 aliphatic rings. The minimum Gasteiger partial charge on any atom is -0.497 e. The summed E-state index contributed by atoms with van der Waals surface area (Å²) in [6, 6.07) is 9.87. The van der Waals surface area contributed by atoms with E-state index in [0.717, 1.165) is 32.0 Å². The molecule has 2 N–H and O–H groups in total. The molecule has 0 saturated carbocycles. The number of alkyl halides is 3. The van der Waals surface area contributed by atoms with Crippen LogP contribution >= 0.6 is 0 Å². The lowest BCUT2D eigenvalue weighted by Crippen LogP contribution is -2.45. The number of carbonyl (C=O) groups excluding carboxylic acids is 2. The number of carbonyl (C=O) groups is 2. The number of amides is 2. The van der Waals surface area contributed by atoms with Gasteiger partial charge in [0.15, 0.2) is 0 Å². The Hall–Kier alpha value is -3.07. The Bertz CT molecular complexity index is 1000. The molecule has 1 heterocycles. The second kappa shape index (κ2) is 11.6. The molecule has 0 bridgehead atoms. The highest BCUT2D eigenvalue weighted by molar-refractivity contribution is 5.98. The van der Waals surface area contributed by atoms with Crippen LogP contribution < -0.4 is 15.4 Å². The zero-order valence-electron chi connectivity index (χ0n) is 20.2. The minimum atomic E-state index is -4.68. The van der Waals surface area contributed by atoms with Crippen LogP contribution in [0.1, 0.15) is 54.2 Å². The lowest BCUT2D eigenvalue weighted by Gasteiger charge is -2.34. The maximum absolute atomic E-state index is 13.7. The number of methoxy groups -OCH3 is 1. The van der Waals surface area contributed by atoms with E-state index in [1.807, 2.05) is 0 Å². The maximum Gasteiger partial charge on any atom is 0.416 e. The molecule has 0 spiro atoms. The van der Waals surface area contributed by atoms with Gasteiger partial charge in [0.2, 0.25) is 5.91 Å². The van der Waals surface area contributed by atoms with E-state index in [9.17, 15) is 22.8 Å². The lowest BCUT2D eigenvalue weighted by molar-refractivity contribution is -0.138. The number of benzene rings is 2. The van der Waals surface area contributed by atoms with E-state index >= 15 is 0 Å². The van der Waals surface area contributed by atoms with E-state index in [1.54, 1.807) is 12.1 Å². The third-order valence-electron chi connectivity index (χ3n) is 6.41. The molecule has 0 aliphatic carbocycles. The van der Waals surface area contributed by atoms with Gasteiger partial charge in [0, 0.05) is 18.2 Å². The first-order valence-electron chi connectivity index (χ1n) is 11.7. The van der Waals surface area contributed by atoms with E-state index in [-0.39, 0.29) is 17.0 Å². The fourth-order valence-electron chi connectivity index (χ4n) is 4.27. The molecule has 1 atom stereocenters. The van der Waals surface area contributed by atoms with Crippen LogP contribution in [-0.4, -0.2) is 49.5 Å². The number of ether oxygens (including phenoxy) is 1. The molecule has 0 aromatic heterocycles. The van der Waals surface area contributed by atoms with Gasteiger partial charge in [-0.05, 0) is 81.6 Å². The van der Waals surface area contributed by atoms with E-state index < -0.39 is 29.6 Å². The Morgan fingerprint density at radius 3 is 2.26 bits per heavy atom. The first-order valence-corrected chi connectivity index (χ1v) is 11.7. The highest BCUT2D eigenvalue weighted by Crippen LogP contribution is 2.35. The summed E-state index contributed by atoms with van der Waals surface area (Å²) in [6.07, 6.45) is -2.90. The third kappa shape index (κ3) is 6.97.